The number of H-pyrrole nitrogens is 1. The molecule has 26 heavy (non-hydrogen) atoms. The Morgan fingerprint density at radius 1 is 1.23 bits per heavy atom. The molecule has 0 aliphatic heterocycles. The highest BCUT2D eigenvalue weighted by Gasteiger charge is 2.19. The minimum absolute atomic E-state index is 0.153. The van der Waals surface area contributed by atoms with Crippen molar-refractivity contribution < 1.29 is 4.79 Å². The van der Waals surface area contributed by atoms with Crippen LogP contribution in [0.15, 0.2) is 36.0 Å². The van der Waals surface area contributed by atoms with Crippen molar-refractivity contribution in [2.45, 2.75) is 20.8 Å². The van der Waals surface area contributed by atoms with Crippen LogP contribution in [-0.2, 0) is 4.79 Å². The molecule has 0 unspecified atom stereocenters. The van der Waals surface area contributed by atoms with Crippen LogP contribution in [0, 0.1) is 13.8 Å². The molecule has 4 aromatic heterocycles. The molecule has 0 aliphatic rings. The van der Waals surface area contributed by atoms with Gasteiger partial charge in [0.15, 0.2) is 0 Å². The van der Waals surface area contributed by atoms with E-state index in [2.05, 4.69) is 31.3 Å². The van der Waals surface area contributed by atoms with Crippen molar-refractivity contribution in [2.24, 2.45) is 0 Å². The summed E-state index contributed by atoms with van der Waals surface area (Å²) in [5.74, 6) is 0.360. The number of hydrogen-bond donors (Lipinski definition) is 2. The van der Waals surface area contributed by atoms with Crippen LogP contribution in [-0.4, -0.2) is 25.8 Å². The van der Waals surface area contributed by atoms with Crippen LogP contribution >= 0.6 is 11.3 Å². The van der Waals surface area contributed by atoms with Crippen molar-refractivity contribution in [1.82, 2.24) is 19.9 Å². The quantitative estimate of drug-likeness (QED) is 0.568. The molecule has 0 aliphatic carbocycles. The third-order valence-electron chi connectivity index (χ3n) is 3.96. The first-order valence-electron chi connectivity index (χ1n) is 8.16. The molecule has 4 aromatic rings. The van der Waals surface area contributed by atoms with E-state index in [9.17, 15) is 4.79 Å². The predicted molar refractivity (Wildman–Crippen MR) is 104 cm³/mol. The van der Waals surface area contributed by atoms with Gasteiger partial charge in [0.2, 0.25) is 5.91 Å². The van der Waals surface area contributed by atoms with Crippen molar-refractivity contribution in [3.05, 3.63) is 47.2 Å². The van der Waals surface area contributed by atoms with Gasteiger partial charge in [-0.3, -0.25) is 9.78 Å². The minimum Gasteiger partial charge on any atom is -0.353 e. The summed E-state index contributed by atoms with van der Waals surface area (Å²) in [5, 5.41) is 5.67. The Labute approximate surface area is 154 Å². The Morgan fingerprint density at radius 3 is 2.81 bits per heavy atom. The summed E-state index contributed by atoms with van der Waals surface area (Å²) in [5.41, 5.74) is 6.72. The molecular weight excluding hydrogens is 346 g/mol. The molecule has 6 nitrogen and oxygen atoms in total. The van der Waals surface area contributed by atoms with E-state index in [1.54, 1.807) is 17.5 Å². The van der Waals surface area contributed by atoms with Crippen LogP contribution in [0.25, 0.3) is 32.9 Å². The number of carbonyl (C=O) groups excluding carboxylic acids is 1. The van der Waals surface area contributed by atoms with Gasteiger partial charge < -0.3 is 10.3 Å². The fourth-order valence-corrected chi connectivity index (χ4v) is 3.76. The van der Waals surface area contributed by atoms with Gasteiger partial charge in [0.05, 0.1) is 22.3 Å². The Kier molecular flexibility index (Phi) is 4.00. The number of anilines is 1. The number of aryl methyl sites for hydroxylation is 2. The van der Waals surface area contributed by atoms with Gasteiger partial charge in [-0.1, -0.05) is 0 Å². The second kappa shape index (κ2) is 6.34. The second-order valence-corrected chi connectivity index (χ2v) is 7.05. The summed E-state index contributed by atoms with van der Waals surface area (Å²) in [7, 11) is 0. The lowest BCUT2D eigenvalue weighted by Crippen LogP contribution is -2.07. The molecule has 7 heteroatoms. The summed E-state index contributed by atoms with van der Waals surface area (Å²) in [6.07, 6.45) is 3.54. The number of pyridine rings is 2. The topological polar surface area (TPSA) is 83.6 Å². The number of hydrogen-bond acceptors (Lipinski definition) is 5. The average Bonchev–Trinajstić information content (AvgIpc) is 3.17. The number of aromatic amines is 1. The number of nitrogens with one attached hydrogen (secondary N) is 2. The largest absolute Gasteiger partial charge is 0.353 e. The van der Waals surface area contributed by atoms with Crippen LogP contribution in [0.5, 0.6) is 0 Å². The molecule has 0 spiro atoms. The van der Waals surface area contributed by atoms with E-state index in [4.69, 9.17) is 0 Å². The number of amides is 1. The molecule has 2 N–H and O–H groups in total. The molecule has 4 heterocycles. The normalized spacial score (nSPS) is 11.0. The van der Waals surface area contributed by atoms with Gasteiger partial charge in [0, 0.05) is 36.0 Å². The van der Waals surface area contributed by atoms with Gasteiger partial charge in [-0.15, -0.1) is 11.3 Å². The average molecular weight is 363 g/mol. The lowest BCUT2D eigenvalue weighted by molar-refractivity contribution is -0.114. The highest BCUT2D eigenvalue weighted by Crippen LogP contribution is 2.39. The number of thiazole rings is 1. The third-order valence-corrected chi connectivity index (χ3v) is 4.93. The maximum Gasteiger partial charge on any atom is 0.222 e. The highest BCUT2D eigenvalue weighted by molar-refractivity contribution is 7.13. The fourth-order valence-electron chi connectivity index (χ4n) is 2.91. The maximum absolute atomic E-state index is 11.4. The van der Waals surface area contributed by atoms with Gasteiger partial charge in [0.1, 0.15) is 10.8 Å². The molecule has 0 radical (unpaired) electrons. The third kappa shape index (κ3) is 2.97. The Hall–Kier alpha value is -3.06. The number of rotatable bonds is 3. The van der Waals surface area contributed by atoms with E-state index in [0.29, 0.717) is 5.82 Å². The minimum atomic E-state index is -0.153. The lowest BCUT2D eigenvalue weighted by Gasteiger charge is -2.05. The standard InChI is InChI=1S/C19H17N5OS/c1-10-6-14-18(21-8-10)16(19-22-11(2)9-26-19)17(24-14)13-4-5-20-15(7-13)23-12(3)25/h4-9,24H,1-3H3,(H,20,23,25). The first kappa shape index (κ1) is 16.4. The summed E-state index contributed by atoms with van der Waals surface area (Å²) in [6.45, 7) is 5.46. The van der Waals surface area contributed by atoms with Crippen molar-refractivity contribution in [3.8, 4) is 21.8 Å². The SMILES string of the molecule is CC(=O)Nc1cc(-c2[nH]c3cc(C)cnc3c2-c2nc(C)cs2)ccn1. The summed E-state index contributed by atoms with van der Waals surface area (Å²) in [6, 6.07) is 5.83. The van der Waals surface area contributed by atoms with Crippen molar-refractivity contribution in [1.29, 1.82) is 0 Å². The molecule has 4 rings (SSSR count). The molecule has 0 bridgehead atoms. The first-order valence-corrected chi connectivity index (χ1v) is 9.04. The maximum atomic E-state index is 11.4. The zero-order valence-corrected chi connectivity index (χ0v) is 15.4. The van der Waals surface area contributed by atoms with Gasteiger partial charge in [-0.25, -0.2) is 9.97 Å². The van der Waals surface area contributed by atoms with Crippen LogP contribution in [0.1, 0.15) is 18.2 Å². The van der Waals surface area contributed by atoms with Gasteiger partial charge in [0.25, 0.3) is 0 Å². The van der Waals surface area contributed by atoms with Crippen molar-refractivity contribution in [2.75, 3.05) is 5.32 Å². The first-order chi connectivity index (χ1) is 12.5. The van der Waals surface area contributed by atoms with Crippen LogP contribution in [0.2, 0.25) is 0 Å². The molecular formula is C19H17N5OS. The highest BCUT2D eigenvalue weighted by atomic mass is 32.1. The monoisotopic (exact) mass is 363 g/mol. The zero-order chi connectivity index (χ0) is 18.3. The van der Waals surface area contributed by atoms with E-state index >= 15 is 0 Å². The number of nitrogens with zero attached hydrogens (tertiary/aromatic N) is 3. The molecule has 1 amide bonds. The van der Waals surface area contributed by atoms with Gasteiger partial charge in [-0.2, -0.15) is 0 Å². The smallest absolute Gasteiger partial charge is 0.222 e. The van der Waals surface area contributed by atoms with E-state index < -0.39 is 0 Å². The fraction of sp³-hybridized carbons (Fsp3) is 0.158. The molecule has 0 aromatic carbocycles. The molecule has 0 saturated carbocycles. The van der Waals surface area contributed by atoms with E-state index in [1.165, 1.54) is 6.92 Å². The number of carbonyl (C=O) groups is 1. The Bertz CT molecular complexity index is 1130. The van der Waals surface area contributed by atoms with E-state index in [-0.39, 0.29) is 5.91 Å². The zero-order valence-electron chi connectivity index (χ0n) is 14.6. The summed E-state index contributed by atoms with van der Waals surface area (Å²) < 4.78 is 0. The number of fused-ring (bicyclic) bond motifs is 1. The Morgan fingerprint density at radius 2 is 2.08 bits per heavy atom. The van der Waals surface area contributed by atoms with Gasteiger partial charge >= 0.3 is 0 Å². The molecule has 0 saturated heterocycles. The second-order valence-electron chi connectivity index (χ2n) is 6.19. The van der Waals surface area contributed by atoms with Gasteiger partial charge in [-0.05, 0) is 37.6 Å². The van der Waals surface area contributed by atoms with Crippen LogP contribution < -0.4 is 5.32 Å². The Balaban J connectivity index is 1.96. The predicted octanol–water partition coefficient (Wildman–Crippen LogP) is 4.32. The number of aromatic nitrogens is 4. The van der Waals surface area contributed by atoms with Crippen molar-refractivity contribution >= 4 is 34.1 Å². The summed E-state index contributed by atoms with van der Waals surface area (Å²) >= 11 is 1.59. The summed E-state index contributed by atoms with van der Waals surface area (Å²) in [4.78, 5) is 28.3. The molecule has 130 valence electrons. The van der Waals surface area contributed by atoms with E-state index in [0.717, 1.165) is 44.1 Å². The van der Waals surface area contributed by atoms with E-state index in [1.807, 2.05) is 37.6 Å². The van der Waals surface area contributed by atoms with Crippen LogP contribution in [0.3, 0.4) is 0 Å². The van der Waals surface area contributed by atoms with Crippen molar-refractivity contribution in [3.63, 3.8) is 0 Å². The molecule has 0 atom stereocenters. The molecule has 0 fully saturated rings. The lowest BCUT2D eigenvalue weighted by atomic mass is 10.1. The van der Waals surface area contributed by atoms with Crippen LogP contribution in [0.4, 0.5) is 5.82 Å².